The van der Waals surface area contributed by atoms with Crippen molar-refractivity contribution in [2.75, 3.05) is 12.3 Å². The number of amides is 1. The number of hydrogen-bond donors (Lipinski definition) is 1. The standard InChI is InChI=1S/C15H22N2O/c1-10(2)14-5-4-8-17(14)15(18)12-7-6-11(3)9-13(12)16/h6-7,9-10,14H,4-5,8,16H2,1-3H3. The number of likely N-dealkylation sites (tertiary alicyclic amines) is 1. The Morgan fingerprint density at radius 1 is 1.44 bits per heavy atom. The van der Waals surface area contributed by atoms with E-state index in [1.807, 2.05) is 30.0 Å². The summed E-state index contributed by atoms with van der Waals surface area (Å²) in [4.78, 5) is 14.5. The molecule has 1 aromatic rings. The van der Waals surface area contributed by atoms with E-state index in [4.69, 9.17) is 5.73 Å². The van der Waals surface area contributed by atoms with E-state index in [2.05, 4.69) is 13.8 Å². The van der Waals surface area contributed by atoms with Crippen LogP contribution in [0.5, 0.6) is 0 Å². The highest BCUT2D eigenvalue weighted by Gasteiger charge is 2.31. The summed E-state index contributed by atoms with van der Waals surface area (Å²) in [6.07, 6.45) is 2.20. The molecule has 98 valence electrons. The van der Waals surface area contributed by atoms with Gasteiger partial charge in [0.25, 0.3) is 5.91 Å². The largest absolute Gasteiger partial charge is 0.398 e. The fourth-order valence-corrected chi connectivity index (χ4v) is 2.77. The number of aryl methyl sites for hydroxylation is 1. The first-order chi connectivity index (χ1) is 8.50. The van der Waals surface area contributed by atoms with Crippen LogP contribution in [0.2, 0.25) is 0 Å². The Morgan fingerprint density at radius 2 is 2.17 bits per heavy atom. The third-order valence-electron chi connectivity index (χ3n) is 3.77. The van der Waals surface area contributed by atoms with E-state index < -0.39 is 0 Å². The minimum atomic E-state index is 0.0868. The van der Waals surface area contributed by atoms with Gasteiger partial charge in [0.2, 0.25) is 0 Å². The van der Waals surface area contributed by atoms with Gasteiger partial charge in [0, 0.05) is 18.3 Å². The maximum absolute atomic E-state index is 12.5. The van der Waals surface area contributed by atoms with Crippen molar-refractivity contribution >= 4 is 11.6 Å². The molecule has 2 N–H and O–H groups in total. The maximum Gasteiger partial charge on any atom is 0.256 e. The first-order valence-electron chi connectivity index (χ1n) is 6.68. The zero-order chi connectivity index (χ0) is 13.3. The molecule has 1 atom stereocenters. The number of hydrogen-bond acceptors (Lipinski definition) is 2. The second-order valence-electron chi connectivity index (χ2n) is 5.54. The fraction of sp³-hybridized carbons (Fsp3) is 0.533. The summed E-state index contributed by atoms with van der Waals surface area (Å²) in [6.45, 7) is 7.19. The van der Waals surface area contributed by atoms with Crippen molar-refractivity contribution in [3.8, 4) is 0 Å². The minimum Gasteiger partial charge on any atom is -0.398 e. The van der Waals surface area contributed by atoms with Gasteiger partial charge in [0.05, 0.1) is 5.56 Å². The van der Waals surface area contributed by atoms with Crippen LogP contribution in [-0.2, 0) is 0 Å². The van der Waals surface area contributed by atoms with Crippen LogP contribution in [0.25, 0.3) is 0 Å². The number of nitrogens with zero attached hydrogens (tertiary/aromatic N) is 1. The van der Waals surface area contributed by atoms with Crippen LogP contribution < -0.4 is 5.73 Å². The molecule has 1 heterocycles. The molecule has 1 unspecified atom stereocenters. The highest BCUT2D eigenvalue weighted by Crippen LogP contribution is 2.27. The van der Waals surface area contributed by atoms with Gasteiger partial charge in [-0.25, -0.2) is 0 Å². The number of benzene rings is 1. The lowest BCUT2D eigenvalue weighted by molar-refractivity contribution is 0.0702. The molecule has 1 saturated heterocycles. The molecule has 0 aromatic heterocycles. The Bertz CT molecular complexity index is 454. The lowest BCUT2D eigenvalue weighted by atomic mass is 10.0. The smallest absolute Gasteiger partial charge is 0.256 e. The maximum atomic E-state index is 12.5. The zero-order valence-corrected chi connectivity index (χ0v) is 11.4. The van der Waals surface area contributed by atoms with Crippen LogP contribution in [0.15, 0.2) is 18.2 Å². The van der Waals surface area contributed by atoms with Crippen LogP contribution in [0.4, 0.5) is 5.69 Å². The van der Waals surface area contributed by atoms with Gasteiger partial charge >= 0.3 is 0 Å². The number of carbonyl (C=O) groups is 1. The molecular weight excluding hydrogens is 224 g/mol. The summed E-state index contributed by atoms with van der Waals surface area (Å²) in [6, 6.07) is 6.03. The van der Waals surface area contributed by atoms with Gasteiger partial charge in [0.1, 0.15) is 0 Å². The molecular formula is C15H22N2O. The number of nitrogens with two attached hydrogens (primary N) is 1. The Morgan fingerprint density at radius 3 is 2.78 bits per heavy atom. The van der Waals surface area contributed by atoms with E-state index in [1.54, 1.807) is 0 Å². The summed E-state index contributed by atoms with van der Waals surface area (Å²) >= 11 is 0. The SMILES string of the molecule is Cc1ccc(C(=O)N2CCCC2C(C)C)c(N)c1. The number of anilines is 1. The average molecular weight is 246 g/mol. The third kappa shape index (κ3) is 2.35. The minimum absolute atomic E-state index is 0.0868. The number of carbonyl (C=O) groups excluding carboxylic acids is 1. The molecule has 18 heavy (non-hydrogen) atoms. The Balaban J connectivity index is 2.25. The van der Waals surface area contributed by atoms with Crippen molar-refractivity contribution in [3.05, 3.63) is 29.3 Å². The van der Waals surface area contributed by atoms with Gasteiger partial charge in [-0.3, -0.25) is 4.79 Å². The molecule has 1 aliphatic rings. The first-order valence-corrected chi connectivity index (χ1v) is 6.68. The summed E-state index contributed by atoms with van der Waals surface area (Å²) in [5, 5.41) is 0. The molecule has 1 aliphatic heterocycles. The van der Waals surface area contributed by atoms with Gasteiger partial charge in [0.15, 0.2) is 0 Å². The Hall–Kier alpha value is -1.51. The molecule has 1 aromatic carbocycles. The summed E-state index contributed by atoms with van der Waals surface area (Å²) in [5.41, 5.74) is 8.29. The van der Waals surface area contributed by atoms with Crippen LogP contribution in [0.1, 0.15) is 42.6 Å². The van der Waals surface area contributed by atoms with E-state index in [-0.39, 0.29) is 5.91 Å². The van der Waals surface area contributed by atoms with Crippen LogP contribution in [-0.4, -0.2) is 23.4 Å². The lowest BCUT2D eigenvalue weighted by Gasteiger charge is -2.28. The summed E-state index contributed by atoms with van der Waals surface area (Å²) in [7, 11) is 0. The molecule has 0 radical (unpaired) electrons. The van der Waals surface area contributed by atoms with Crippen LogP contribution in [0, 0.1) is 12.8 Å². The highest BCUT2D eigenvalue weighted by molar-refractivity contribution is 5.99. The molecule has 0 spiro atoms. The monoisotopic (exact) mass is 246 g/mol. The molecule has 0 aliphatic carbocycles. The predicted octanol–water partition coefficient (Wildman–Crippen LogP) is 2.84. The van der Waals surface area contributed by atoms with Crippen molar-refractivity contribution in [2.45, 2.75) is 39.7 Å². The van der Waals surface area contributed by atoms with Gasteiger partial charge < -0.3 is 10.6 Å². The topological polar surface area (TPSA) is 46.3 Å². The van der Waals surface area contributed by atoms with Gasteiger partial charge in [-0.15, -0.1) is 0 Å². The summed E-state index contributed by atoms with van der Waals surface area (Å²) < 4.78 is 0. The third-order valence-corrected chi connectivity index (χ3v) is 3.77. The van der Waals surface area contributed by atoms with Crippen molar-refractivity contribution in [3.63, 3.8) is 0 Å². The predicted molar refractivity (Wildman–Crippen MR) is 74.5 cm³/mol. The molecule has 1 fully saturated rings. The van der Waals surface area contributed by atoms with Gasteiger partial charge in [-0.2, -0.15) is 0 Å². The zero-order valence-electron chi connectivity index (χ0n) is 11.4. The van der Waals surface area contributed by atoms with E-state index in [9.17, 15) is 4.79 Å². The van der Waals surface area contributed by atoms with Crippen LogP contribution >= 0.6 is 0 Å². The molecule has 3 heteroatoms. The number of rotatable bonds is 2. The molecule has 0 bridgehead atoms. The molecule has 2 rings (SSSR count). The fourth-order valence-electron chi connectivity index (χ4n) is 2.77. The van der Waals surface area contributed by atoms with E-state index in [0.717, 1.165) is 24.9 Å². The average Bonchev–Trinajstić information content (AvgIpc) is 2.77. The van der Waals surface area contributed by atoms with Crippen LogP contribution in [0.3, 0.4) is 0 Å². The Labute approximate surface area is 109 Å². The normalized spacial score (nSPS) is 19.6. The molecule has 0 saturated carbocycles. The van der Waals surface area contributed by atoms with E-state index in [0.29, 0.717) is 23.2 Å². The molecule has 1 amide bonds. The van der Waals surface area contributed by atoms with E-state index in [1.165, 1.54) is 0 Å². The second kappa shape index (κ2) is 5.01. The van der Waals surface area contributed by atoms with Crippen molar-refractivity contribution in [1.29, 1.82) is 0 Å². The quantitative estimate of drug-likeness (QED) is 0.816. The lowest BCUT2D eigenvalue weighted by Crippen LogP contribution is -2.38. The summed E-state index contributed by atoms with van der Waals surface area (Å²) in [5.74, 6) is 0.590. The first kappa shape index (κ1) is 12.9. The Kier molecular flexibility index (Phi) is 3.60. The molecule has 3 nitrogen and oxygen atoms in total. The van der Waals surface area contributed by atoms with Gasteiger partial charge in [-0.05, 0) is 43.4 Å². The van der Waals surface area contributed by atoms with E-state index >= 15 is 0 Å². The van der Waals surface area contributed by atoms with Crippen molar-refractivity contribution < 1.29 is 4.79 Å². The van der Waals surface area contributed by atoms with Crippen molar-refractivity contribution in [1.82, 2.24) is 4.90 Å². The second-order valence-corrected chi connectivity index (χ2v) is 5.54. The van der Waals surface area contributed by atoms with Gasteiger partial charge in [-0.1, -0.05) is 19.9 Å². The number of nitrogen functional groups attached to an aromatic ring is 1. The highest BCUT2D eigenvalue weighted by atomic mass is 16.2. The van der Waals surface area contributed by atoms with Crippen molar-refractivity contribution in [2.24, 2.45) is 5.92 Å².